The summed E-state index contributed by atoms with van der Waals surface area (Å²) >= 11 is 0. The van der Waals surface area contributed by atoms with Gasteiger partial charge < -0.3 is 20.3 Å². The van der Waals surface area contributed by atoms with Gasteiger partial charge in [-0.25, -0.2) is 9.97 Å². The highest BCUT2D eigenvalue weighted by molar-refractivity contribution is 5.96. The van der Waals surface area contributed by atoms with E-state index in [0.29, 0.717) is 53.9 Å². The molecule has 0 aliphatic carbocycles. The fourth-order valence-electron chi connectivity index (χ4n) is 2.43. The van der Waals surface area contributed by atoms with Gasteiger partial charge >= 0.3 is 0 Å². The van der Waals surface area contributed by atoms with Gasteiger partial charge in [-0.15, -0.1) is 0 Å². The van der Waals surface area contributed by atoms with Crippen LogP contribution in [0.3, 0.4) is 0 Å². The van der Waals surface area contributed by atoms with E-state index in [-0.39, 0.29) is 12.5 Å². The second kappa shape index (κ2) is 7.26. The molecule has 10 heteroatoms. The van der Waals surface area contributed by atoms with E-state index in [4.69, 9.17) is 15.0 Å². The highest BCUT2D eigenvalue weighted by atomic mass is 16.5. The Hall–Kier alpha value is -3.01. The molecule has 3 aromatic heterocycles. The highest BCUT2D eigenvalue weighted by Crippen LogP contribution is 2.16. The minimum Gasteiger partial charge on any atom is -0.377 e. The Kier molecular flexibility index (Phi) is 4.89. The minimum absolute atomic E-state index is 0.254. The molecule has 25 heavy (non-hydrogen) atoms. The average molecular weight is 345 g/mol. The van der Waals surface area contributed by atoms with Gasteiger partial charge in [0.25, 0.3) is 5.91 Å². The first kappa shape index (κ1) is 16.8. The Morgan fingerprint density at radius 3 is 3.04 bits per heavy atom. The fraction of sp³-hybridized carbons (Fsp3) is 0.400. The molecule has 0 saturated carbocycles. The number of nitrogens with zero attached hydrogens (tertiary/aromatic N) is 5. The van der Waals surface area contributed by atoms with Crippen LogP contribution in [0.2, 0.25) is 0 Å². The zero-order valence-corrected chi connectivity index (χ0v) is 14.0. The van der Waals surface area contributed by atoms with E-state index in [0.717, 1.165) is 0 Å². The number of carbonyl (C=O) groups excluding carboxylic acids is 1. The molecule has 0 aliphatic rings. The third kappa shape index (κ3) is 3.58. The molecular formula is C15H19N7O3. The topological polar surface area (TPSA) is 134 Å². The number of fused-ring (bicyclic) bond motifs is 1. The van der Waals surface area contributed by atoms with Crippen LogP contribution in [-0.4, -0.2) is 44.2 Å². The summed E-state index contributed by atoms with van der Waals surface area (Å²) in [6, 6.07) is 1.67. The van der Waals surface area contributed by atoms with Crippen LogP contribution in [0.5, 0.6) is 0 Å². The first-order valence-electron chi connectivity index (χ1n) is 7.82. The van der Waals surface area contributed by atoms with Gasteiger partial charge in [0.1, 0.15) is 12.1 Å². The molecule has 0 aliphatic heterocycles. The first-order valence-corrected chi connectivity index (χ1v) is 7.82. The van der Waals surface area contributed by atoms with Crippen LogP contribution in [0.15, 0.2) is 16.8 Å². The van der Waals surface area contributed by atoms with Crippen molar-refractivity contribution < 1.29 is 14.1 Å². The van der Waals surface area contributed by atoms with Crippen molar-refractivity contribution in [1.82, 2.24) is 30.0 Å². The quantitative estimate of drug-likeness (QED) is 0.633. The fourth-order valence-corrected chi connectivity index (χ4v) is 2.43. The van der Waals surface area contributed by atoms with Crippen LogP contribution in [0, 0.1) is 0 Å². The number of nitrogens with one attached hydrogen (secondary N) is 1. The third-order valence-corrected chi connectivity index (χ3v) is 3.60. The molecule has 0 atom stereocenters. The van der Waals surface area contributed by atoms with Crippen LogP contribution in [0.25, 0.3) is 11.2 Å². The summed E-state index contributed by atoms with van der Waals surface area (Å²) < 4.78 is 11.8. The van der Waals surface area contributed by atoms with Crippen molar-refractivity contribution >= 4 is 23.0 Å². The number of amides is 1. The standard InChI is InChI=1S/C15H19N7O3/c1-3-22-13-10(19-15(22)16)6-9(7-18-13)14(23)17-5-4-12-20-11(8-24-2)21-25-12/h6-7H,3-5,8H2,1-2H3,(H2,16,19)(H,17,23). The van der Waals surface area contributed by atoms with Gasteiger partial charge in [0, 0.05) is 32.8 Å². The molecule has 0 aromatic carbocycles. The van der Waals surface area contributed by atoms with Crippen molar-refractivity contribution in [2.45, 2.75) is 26.5 Å². The molecule has 0 bridgehead atoms. The molecule has 0 radical (unpaired) electrons. The molecule has 1 amide bonds. The van der Waals surface area contributed by atoms with Gasteiger partial charge in [-0.2, -0.15) is 4.98 Å². The molecule has 3 heterocycles. The molecule has 0 unspecified atom stereocenters. The first-order chi connectivity index (χ1) is 12.1. The van der Waals surface area contributed by atoms with Gasteiger partial charge in [-0.05, 0) is 13.0 Å². The Balaban J connectivity index is 1.61. The van der Waals surface area contributed by atoms with Crippen molar-refractivity contribution in [1.29, 1.82) is 0 Å². The summed E-state index contributed by atoms with van der Waals surface area (Å²) in [6.07, 6.45) is 1.93. The predicted octanol–water partition coefficient (Wildman–Crippen LogP) is 0.535. The number of anilines is 1. The van der Waals surface area contributed by atoms with Crippen molar-refractivity contribution in [2.75, 3.05) is 19.4 Å². The van der Waals surface area contributed by atoms with Gasteiger partial charge in [0.15, 0.2) is 11.5 Å². The molecule has 3 N–H and O–H groups in total. The number of ether oxygens (including phenoxy) is 1. The van der Waals surface area contributed by atoms with E-state index >= 15 is 0 Å². The summed E-state index contributed by atoms with van der Waals surface area (Å²) in [5.74, 6) is 1.04. The van der Waals surface area contributed by atoms with Crippen LogP contribution in [0.4, 0.5) is 5.95 Å². The van der Waals surface area contributed by atoms with Crippen molar-refractivity contribution in [2.24, 2.45) is 0 Å². The average Bonchev–Trinajstić information content (AvgIpc) is 3.17. The number of aryl methyl sites for hydroxylation is 1. The monoisotopic (exact) mass is 345 g/mol. The molecule has 0 spiro atoms. The normalized spacial score (nSPS) is 11.1. The second-order valence-corrected chi connectivity index (χ2v) is 5.32. The van der Waals surface area contributed by atoms with Gasteiger partial charge in [-0.1, -0.05) is 5.16 Å². The zero-order valence-electron chi connectivity index (χ0n) is 14.0. The van der Waals surface area contributed by atoms with Crippen LogP contribution < -0.4 is 11.1 Å². The molecule has 3 aromatic rings. The molecular weight excluding hydrogens is 326 g/mol. The lowest BCUT2D eigenvalue weighted by molar-refractivity contribution is 0.0953. The Labute approximate surface area is 143 Å². The van der Waals surface area contributed by atoms with Crippen LogP contribution in [-0.2, 0) is 24.3 Å². The molecule has 0 fully saturated rings. The summed E-state index contributed by atoms with van der Waals surface area (Å²) in [6.45, 7) is 3.26. The Morgan fingerprint density at radius 2 is 2.28 bits per heavy atom. The number of carbonyl (C=O) groups is 1. The summed E-state index contributed by atoms with van der Waals surface area (Å²) in [5.41, 5.74) is 7.50. The Bertz CT molecular complexity index is 887. The van der Waals surface area contributed by atoms with Crippen molar-refractivity contribution in [3.63, 3.8) is 0 Å². The SMILES string of the molecule is CCn1c(N)nc2cc(C(=O)NCCc3nc(COC)no3)cnc21. The number of imidazole rings is 1. The van der Waals surface area contributed by atoms with Gasteiger partial charge in [-0.3, -0.25) is 9.36 Å². The number of nitrogens with two attached hydrogens (primary N) is 1. The van der Waals surface area contributed by atoms with E-state index in [1.807, 2.05) is 6.92 Å². The smallest absolute Gasteiger partial charge is 0.252 e. The molecule has 0 saturated heterocycles. The lowest BCUT2D eigenvalue weighted by atomic mass is 10.2. The second-order valence-electron chi connectivity index (χ2n) is 5.32. The predicted molar refractivity (Wildman–Crippen MR) is 88.7 cm³/mol. The minimum atomic E-state index is -0.254. The lowest BCUT2D eigenvalue weighted by Crippen LogP contribution is -2.25. The maximum absolute atomic E-state index is 12.2. The maximum atomic E-state index is 12.2. The number of pyridine rings is 1. The van der Waals surface area contributed by atoms with E-state index in [1.165, 1.54) is 6.20 Å². The lowest BCUT2D eigenvalue weighted by Gasteiger charge is -2.04. The van der Waals surface area contributed by atoms with Crippen LogP contribution >= 0.6 is 0 Å². The van der Waals surface area contributed by atoms with Gasteiger partial charge in [0.2, 0.25) is 11.8 Å². The molecule has 3 rings (SSSR count). The highest BCUT2D eigenvalue weighted by Gasteiger charge is 2.13. The van der Waals surface area contributed by atoms with E-state index in [2.05, 4.69) is 25.4 Å². The molecule has 10 nitrogen and oxygen atoms in total. The summed E-state index contributed by atoms with van der Waals surface area (Å²) in [4.78, 5) is 24.9. The van der Waals surface area contributed by atoms with E-state index < -0.39 is 0 Å². The van der Waals surface area contributed by atoms with E-state index in [9.17, 15) is 4.79 Å². The largest absolute Gasteiger partial charge is 0.377 e. The van der Waals surface area contributed by atoms with E-state index in [1.54, 1.807) is 17.7 Å². The summed E-state index contributed by atoms with van der Waals surface area (Å²) in [5, 5.41) is 6.54. The number of hydrogen-bond acceptors (Lipinski definition) is 8. The van der Waals surface area contributed by atoms with Crippen molar-refractivity contribution in [3.05, 3.63) is 29.5 Å². The zero-order chi connectivity index (χ0) is 17.8. The molecule has 132 valence electrons. The number of nitrogen functional groups attached to an aromatic ring is 1. The van der Waals surface area contributed by atoms with Gasteiger partial charge in [0.05, 0.1) is 5.56 Å². The Morgan fingerprint density at radius 1 is 1.44 bits per heavy atom. The number of rotatable bonds is 7. The van der Waals surface area contributed by atoms with Crippen molar-refractivity contribution in [3.8, 4) is 0 Å². The maximum Gasteiger partial charge on any atom is 0.252 e. The summed E-state index contributed by atoms with van der Waals surface area (Å²) in [7, 11) is 1.55. The number of methoxy groups -OCH3 is 1. The third-order valence-electron chi connectivity index (χ3n) is 3.60. The number of aromatic nitrogens is 5. The van der Waals surface area contributed by atoms with Crippen LogP contribution in [0.1, 0.15) is 29.0 Å². The number of hydrogen-bond donors (Lipinski definition) is 2.